The topological polar surface area (TPSA) is 9.23 Å². The fraction of sp³-hybridized carbons (Fsp3) is 0.714. The first kappa shape index (κ1) is 14.4. The summed E-state index contributed by atoms with van der Waals surface area (Å²) in [6.45, 7) is 12.0. The van der Waals surface area contributed by atoms with Gasteiger partial charge in [-0.05, 0) is 32.1 Å². The molecule has 0 saturated carbocycles. The van der Waals surface area contributed by atoms with Gasteiger partial charge in [-0.1, -0.05) is 38.0 Å². The molecule has 15 heavy (non-hydrogen) atoms. The second-order valence-electron chi connectivity index (χ2n) is 4.25. The molecule has 0 aliphatic heterocycles. The molecule has 0 aliphatic rings. The lowest BCUT2D eigenvalue weighted by atomic mass is 10.1. The van der Waals surface area contributed by atoms with Gasteiger partial charge in [-0.3, -0.25) is 0 Å². The van der Waals surface area contributed by atoms with E-state index >= 15 is 0 Å². The Kier molecular flexibility index (Phi) is 9.60. The molecule has 1 atom stereocenters. The third-order valence-corrected chi connectivity index (χ3v) is 2.49. The van der Waals surface area contributed by atoms with Gasteiger partial charge in [0.1, 0.15) is 0 Å². The van der Waals surface area contributed by atoms with Crippen LogP contribution in [-0.2, 0) is 4.74 Å². The van der Waals surface area contributed by atoms with Crippen LogP contribution in [0, 0.1) is 5.92 Å². The van der Waals surface area contributed by atoms with Crippen molar-refractivity contribution in [1.29, 1.82) is 0 Å². The van der Waals surface area contributed by atoms with Crippen LogP contribution in [0.4, 0.5) is 0 Å². The number of hydrogen-bond acceptors (Lipinski definition) is 1. The molecule has 0 aromatic rings. The third-order valence-electron chi connectivity index (χ3n) is 2.49. The van der Waals surface area contributed by atoms with Crippen molar-refractivity contribution in [2.24, 2.45) is 5.92 Å². The van der Waals surface area contributed by atoms with E-state index < -0.39 is 0 Å². The van der Waals surface area contributed by atoms with E-state index in [0.717, 1.165) is 19.6 Å². The van der Waals surface area contributed by atoms with E-state index in [0.29, 0.717) is 5.92 Å². The Hall–Kier alpha value is -0.560. The maximum atomic E-state index is 5.53. The summed E-state index contributed by atoms with van der Waals surface area (Å²) in [7, 11) is 0. The van der Waals surface area contributed by atoms with E-state index in [-0.39, 0.29) is 0 Å². The Morgan fingerprint density at radius 3 is 2.80 bits per heavy atom. The normalized spacial score (nSPS) is 13.9. The maximum absolute atomic E-state index is 5.53. The molecule has 0 fully saturated rings. The highest BCUT2D eigenvalue weighted by Crippen LogP contribution is 2.08. The molecule has 0 N–H and O–H groups in total. The quantitative estimate of drug-likeness (QED) is 0.406. The molecule has 1 nitrogen and oxygen atoms in total. The summed E-state index contributed by atoms with van der Waals surface area (Å²) in [5, 5.41) is 0. The average Bonchev–Trinajstić information content (AvgIpc) is 2.24. The van der Waals surface area contributed by atoms with E-state index in [4.69, 9.17) is 4.74 Å². The van der Waals surface area contributed by atoms with E-state index in [2.05, 4.69) is 33.4 Å². The Balaban J connectivity index is 3.47. The van der Waals surface area contributed by atoms with Crippen LogP contribution in [0.25, 0.3) is 0 Å². The van der Waals surface area contributed by atoms with Crippen molar-refractivity contribution in [3.05, 3.63) is 24.3 Å². The second-order valence-corrected chi connectivity index (χ2v) is 4.25. The van der Waals surface area contributed by atoms with Gasteiger partial charge in [-0.15, -0.1) is 6.58 Å². The van der Waals surface area contributed by atoms with Gasteiger partial charge < -0.3 is 4.74 Å². The smallest absolute Gasteiger partial charge is 0.0674 e. The van der Waals surface area contributed by atoms with Crippen LogP contribution in [0.15, 0.2) is 24.3 Å². The monoisotopic (exact) mass is 210 g/mol. The highest BCUT2D eigenvalue weighted by molar-refractivity contribution is 4.98. The van der Waals surface area contributed by atoms with Crippen LogP contribution in [-0.4, -0.2) is 13.2 Å². The lowest BCUT2D eigenvalue weighted by Crippen LogP contribution is -1.98. The van der Waals surface area contributed by atoms with Crippen molar-refractivity contribution in [1.82, 2.24) is 0 Å². The molecular weight excluding hydrogens is 184 g/mol. The van der Waals surface area contributed by atoms with Crippen LogP contribution < -0.4 is 0 Å². The molecule has 1 heteroatoms. The zero-order chi connectivity index (χ0) is 11.5. The lowest BCUT2D eigenvalue weighted by Gasteiger charge is -2.05. The van der Waals surface area contributed by atoms with E-state index in [1.165, 1.54) is 24.8 Å². The third kappa shape index (κ3) is 9.74. The highest BCUT2D eigenvalue weighted by atomic mass is 16.5. The average molecular weight is 210 g/mol. The van der Waals surface area contributed by atoms with Crippen LogP contribution >= 0.6 is 0 Å². The molecule has 0 aliphatic carbocycles. The predicted molar refractivity (Wildman–Crippen MR) is 68.1 cm³/mol. The van der Waals surface area contributed by atoms with E-state index in [1.807, 2.05) is 6.08 Å². The molecular formula is C14H26O. The first-order valence-electron chi connectivity index (χ1n) is 6.06. The Morgan fingerprint density at radius 2 is 2.20 bits per heavy atom. The van der Waals surface area contributed by atoms with Crippen molar-refractivity contribution >= 4 is 0 Å². The summed E-state index contributed by atoms with van der Waals surface area (Å²) in [5.74, 6) is 0.620. The van der Waals surface area contributed by atoms with E-state index in [1.54, 1.807) is 0 Å². The van der Waals surface area contributed by atoms with Gasteiger partial charge in [0.05, 0.1) is 6.61 Å². The first-order chi connectivity index (χ1) is 7.20. The van der Waals surface area contributed by atoms with Gasteiger partial charge in [0, 0.05) is 6.61 Å². The minimum atomic E-state index is 0.620. The fourth-order valence-electron chi connectivity index (χ4n) is 1.25. The summed E-state index contributed by atoms with van der Waals surface area (Å²) in [5.41, 5.74) is 1.35. The van der Waals surface area contributed by atoms with Gasteiger partial charge in [0.2, 0.25) is 0 Å². The van der Waals surface area contributed by atoms with Crippen molar-refractivity contribution < 1.29 is 4.74 Å². The summed E-state index contributed by atoms with van der Waals surface area (Å²) in [4.78, 5) is 0. The zero-order valence-electron chi connectivity index (χ0n) is 10.6. The molecule has 0 bridgehead atoms. The van der Waals surface area contributed by atoms with Crippen molar-refractivity contribution in [3.8, 4) is 0 Å². The van der Waals surface area contributed by atoms with Gasteiger partial charge in [-0.2, -0.15) is 0 Å². The Morgan fingerprint density at radius 1 is 1.47 bits per heavy atom. The lowest BCUT2D eigenvalue weighted by molar-refractivity contribution is 0.152. The molecule has 1 unspecified atom stereocenters. The van der Waals surface area contributed by atoms with Crippen molar-refractivity contribution in [2.75, 3.05) is 13.2 Å². The summed E-state index contributed by atoms with van der Waals surface area (Å²) < 4.78 is 5.53. The Bertz CT molecular complexity index is 182. The maximum Gasteiger partial charge on any atom is 0.0674 e. The minimum absolute atomic E-state index is 0.620. The minimum Gasteiger partial charge on any atom is -0.377 e. The highest BCUT2D eigenvalue weighted by Gasteiger charge is 1.95. The summed E-state index contributed by atoms with van der Waals surface area (Å²) in [6, 6.07) is 0. The number of unbranched alkanes of at least 4 members (excludes halogenated alkanes) is 1. The van der Waals surface area contributed by atoms with Gasteiger partial charge in [-0.25, -0.2) is 0 Å². The zero-order valence-corrected chi connectivity index (χ0v) is 10.6. The Labute approximate surface area is 95.2 Å². The molecule has 88 valence electrons. The van der Waals surface area contributed by atoms with Crippen LogP contribution in [0.3, 0.4) is 0 Å². The predicted octanol–water partition coefficient (Wildman–Crippen LogP) is 4.35. The van der Waals surface area contributed by atoms with Crippen LogP contribution in [0.2, 0.25) is 0 Å². The largest absolute Gasteiger partial charge is 0.377 e. The molecule has 0 saturated heterocycles. The van der Waals surface area contributed by atoms with E-state index in [9.17, 15) is 0 Å². The standard InChI is InChI=1S/C14H26O/c1-5-7-11-15-12-14(4)10-8-9-13(3)6-2/h6,10,13H,2,5,7-9,11-12H2,1,3-4H3. The van der Waals surface area contributed by atoms with Gasteiger partial charge in [0.25, 0.3) is 0 Å². The number of rotatable bonds is 9. The van der Waals surface area contributed by atoms with Crippen LogP contribution in [0.1, 0.15) is 46.5 Å². The number of hydrogen-bond donors (Lipinski definition) is 0. The van der Waals surface area contributed by atoms with Gasteiger partial charge in [0.15, 0.2) is 0 Å². The SMILES string of the molecule is C=CC(C)CCC=C(C)COCCCC. The first-order valence-corrected chi connectivity index (χ1v) is 6.06. The van der Waals surface area contributed by atoms with Crippen molar-refractivity contribution in [2.45, 2.75) is 46.5 Å². The molecule has 0 rings (SSSR count). The summed E-state index contributed by atoms with van der Waals surface area (Å²) in [6.07, 6.45) is 9.00. The number of allylic oxidation sites excluding steroid dienone is 2. The molecule has 0 aromatic heterocycles. The fourth-order valence-corrected chi connectivity index (χ4v) is 1.25. The molecule has 0 heterocycles. The number of ether oxygens (including phenoxy) is 1. The van der Waals surface area contributed by atoms with Gasteiger partial charge >= 0.3 is 0 Å². The molecule has 0 aromatic carbocycles. The van der Waals surface area contributed by atoms with Crippen LogP contribution in [0.5, 0.6) is 0 Å². The molecule has 0 radical (unpaired) electrons. The van der Waals surface area contributed by atoms with Crippen molar-refractivity contribution in [3.63, 3.8) is 0 Å². The molecule has 0 spiro atoms. The summed E-state index contributed by atoms with van der Waals surface area (Å²) >= 11 is 0. The molecule has 0 amide bonds. The second kappa shape index (κ2) is 9.97.